The monoisotopic (exact) mass is 319 g/mol. The second-order valence-electron chi connectivity index (χ2n) is 7.30. The van der Waals surface area contributed by atoms with E-state index in [1.165, 1.54) is 19.3 Å². The third-order valence-corrected chi connectivity index (χ3v) is 5.23. The molecule has 6 heteroatoms. The van der Waals surface area contributed by atoms with Gasteiger partial charge in [-0.05, 0) is 46.2 Å². The lowest BCUT2D eigenvalue weighted by Crippen LogP contribution is -2.44. The van der Waals surface area contributed by atoms with E-state index in [0.717, 1.165) is 25.9 Å². The minimum Gasteiger partial charge on any atom is -0.319 e. The topological polar surface area (TPSA) is 53.4 Å². The Hall–Kier alpha value is -1.56. The molecule has 2 aliphatic rings. The van der Waals surface area contributed by atoms with Crippen molar-refractivity contribution in [1.82, 2.24) is 19.6 Å². The molecule has 128 valence electrons. The molecule has 6 nitrogen and oxygen atoms in total. The molecule has 1 N–H and O–H groups in total. The van der Waals surface area contributed by atoms with Gasteiger partial charge in [0.2, 0.25) is 0 Å². The average molecular weight is 319 g/mol. The molecule has 2 heterocycles. The Balaban J connectivity index is 1.60. The maximum Gasteiger partial charge on any atom is 0.323 e. The minimum absolute atomic E-state index is 0.0183. The summed E-state index contributed by atoms with van der Waals surface area (Å²) in [6, 6.07) is 2.66. The van der Waals surface area contributed by atoms with Crippen LogP contribution in [-0.2, 0) is 6.54 Å². The molecule has 0 aromatic carbocycles. The van der Waals surface area contributed by atoms with E-state index in [0.29, 0.717) is 23.8 Å². The molecule has 0 radical (unpaired) electrons. The number of aromatic nitrogens is 2. The number of nitrogens with one attached hydrogen (secondary N) is 1. The Kier molecular flexibility index (Phi) is 4.90. The van der Waals surface area contributed by atoms with E-state index in [2.05, 4.69) is 27.1 Å². The van der Waals surface area contributed by atoms with E-state index in [1.807, 2.05) is 31.0 Å². The highest BCUT2D eigenvalue weighted by Crippen LogP contribution is 2.39. The van der Waals surface area contributed by atoms with E-state index in [9.17, 15) is 4.79 Å². The molecule has 1 aliphatic heterocycles. The normalized spacial score (nSPS) is 27.3. The van der Waals surface area contributed by atoms with E-state index in [1.54, 1.807) is 0 Å². The van der Waals surface area contributed by atoms with Crippen LogP contribution >= 0.6 is 0 Å². The molecule has 1 saturated carbocycles. The number of hydrogen-bond donors (Lipinski definition) is 1. The average Bonchev–Trinajstić information content (AvgIpc) is 3.08. The number of hydrogen-bond acceptors (Lipinski definition) is 3. The second-order valence-corrected chi connectivity index (χ2v) is 7.30. The van der Waals surface area contributed by atoms with Gasteiger partial charge in [-0.25, -0.2) is 4.79 Å². The molecule has 1 aliphatic carbocycles. The molecule has 3 unspecified atom stereocenters. The lowest BCUT2D eigenvalue weighted by molar-refractivity contribution is 0.168. The number of fused-ring (bicyclic) bond motifs is 1. The summed E-state index contributed by atoms with van der Waals surface area (Å²) in [5.41, 5.74) is 0. The van der Waals surface area contributed by atoms with E-state index in [4.69, 9.17) is 0 Å². The van der Waals surface area contributed by atoms with Crippen molar-refractivity contribution in [3.63, 3.8) is 0 Å². The number of urea groups is 1. The van der Waals surface area contributed by atoms with Crippen LogP contribution in [0.4, 0.5) is 10.6 Å². The van der Waals surface area contributed by atoms with Crippen LogP contribution in [0, 0.1) is 5.92 Å². The van der Waals surface area contributed by atoms with E-state index in [-0.39, 0.29) is 6.03 Å². The summed E-state index contributed by atoms with van der Waals surface area (Å²) < 4.78 is 1.88. The summed E-state index contributed by atoms with van der Waals surface area (Å²) in [5.74, 6) is 1.35. The maximum atomic E-state index is 12.7. The van der Waals surface area contributed by atoms with Gasteiger partial charge in [-0.3, -0.25) is 10.00 Å². The van der Waals surface area contributed by atoms with Crippen molar-refractivity contribution >= 4 is 11.8 Å². The van der Waals surface area contributed by atoms with Gasteiger partial charge >= 0.3 is 6.03 Å². The third-order valence-electron chi connectivity index (χ3n) is 5.23. The fraction of sp³-hybridized carbons (Fsp3) is 0.765. The number of anilines is 1. The van der Waals surface area contributed by atoms with Gasteiger partial charge in [0.1, 0.15) is 0 Å². The molecule has 2 fully saturated rings. The molecule has 1 aromatic heterocycles. The summed E-state index contributed by atoms with van der Waals surface area (Å²) >= 11 is 0. The third kappa shape index (κ3) is 3.68. The highest BCUT2D eigenvalue weighted by atomic mass is 16.2. The first-order chi connectivity index (χ1) is 11.0. The first-order valence-corrected chi connectivity index (χ1v) is 8.82. The molecular formula is C17H29N5O. The van der Waals surface area contributed by atoms with Crippen LogP contribution in [0.15, 0.2) is 12.3 Å². The Morgan fingerprint density at radius 2 is 2.17 bits per heavy atom. The van der Waals surface area contributed by atoms with Crippen molar-refractivity contribution < 1.29 is 4.79 Å². The molecule has 1 aromatic rings. The van der Waals surface area contributed by atoms with Gasteiger partial charge in [0.05, 0.1) is 6.54 Å². The molecular weight excluding hydrogens is 290 g/mol. The van der Waals surface area contributed by atoms with E-state index >= 15 is 0 Å². The predicted octanol–water partition coefficient (Wildman–Crippen LogP) is 2.63. The van der Waals surface area contributed by atoms with E-state index < -0.39 is 0 Å². The predicted molar refractivity (Wildman–Crippen MR) is 91.5 cm³/mol. The van der Waals surface area contributed by atoms with Gasteiger partial charge < -0.3 is 9.80 Å². The van der Waals surface area contributed by atoms with Gasteiger partial charge in [-0.15, -0.1) is 0 Å². The number of likely N-dealkylation sites (tertiary alicyclic amines) is 1. The number of likely N-dealkylation sites (N-methyl/N-ethyl adjacent to an activating group) is 1. The summed E-state index contributed by atoms with van der Waals surface area (Å²) in [6.07, 6.45) is 8.07. The number of nitrogens with zero attached hydrogens (tertiary/aromatic N) is 4. The van der Waals surface area contributed by atoms with Gasteiger partial charge in [-0.2, -0.15) is 5.10 Å². The standard InChI is InChI=1S/C17H29N5O/c1-13-12-14-6-4-5-7-15(14)22(13)17(23)18-16-8-9-21(19-16)11-10-20(2)3/h8-9,13-15H,4-7,10-12H2,1-3H3,(H,18,19,23). The van der Waals surface area contributed by atoms with Crippen LogP contribution in [-0.4, -0.2) is 58.3 Å². The molecule has 2 amide bonds. The lowest BCUT2D eigenvalue weighted by atomic mass is 9.85. The number of carbonyl (C=O) groups is 1. The molecule has 3 atom stereocenters. The fourth-order valence-electron chi connectivity index (χ4n) is 4.09. The smallest absolute Gasteiger partial charge is 0.319 e. The Bertz CT molecular complexity index is 541. The quantitative estimate of drug-likeness (QED) is 0.928. The zero-order valence-corrected chi connectivity index (χ0v) is 14.5. The second kappa shape index (κ2) is 6.91. The summed E-state index contributed by atoms with van der Waals surface area (Å²) in [4.78, 5) is 16.9. The number of rotatable bonds is 4. The van der Waals surface area contributed by atoms with Crippen LogP contribution in [0.5, 0.6) is 0 Å². The van der Waals surface area contributed by atoms with Gasteiger partial charge in [-0.1, -0.05) is 12.8 Å². The zero-order chi connectivity index (χ0) is 16.4. The van der Waals surface area contributed by atoms with Gasteiger partial charge in [0.15, 0.2) is 5.82 Å². The molecule has 0 spiro atoms. The zero-order valence-electron chi connectivity index (χ0n) is 14.5. The van der Waals surface area contributed by atoms with Crippen molar-refractivity contribution in [3.05, 3.63) is 12.3 Å². The van der Waals surface area contributed by atoms with Crippen molar-refractivity contribution in [1.29, 1.82) is 0 Å². The van der Waals surface area contributed by atoms with Crippen molar-refractivity contribution in [2.45, 2.75) is 57.7 Å². The Morgan fingerprint density at radius 3 is 2.96 bits per heavy atom. The lowest BCUT2D eigenvalue weighted by Gasteiger charge is -2.33. The largest absolute Gasteiger partial charge is 0.323 e. The Labute approximate surface area is 138 Å². The van der Waals surface area contributed by atoms with Crippen LogP contribution < -0.4 is 5.32 Å². The van der Waals surface area contributed by atoms with Crippen LogP contribution in [0.2, 0.25) is 0 Å². The SMILES string of the molecule is CC1CC2CCCCC2N1C(=O)Nc1ccn(CCN(C)C)n1. The first kappa shape index (κ1) is 16.3. The maximum absolute atomic E-state index is 12.7. The van der Waals surface area contributed by atoms with Crippen molar-refractivity contribution in [3.8, 4) is 0 Å². The highest BCUT2D eigenvalue weighted by Gasteiger charge is 2.42. The van der Waals surface area contributed by atoms with Crippen molar-refractivity contribution in [2.75, 3.05) is 26.0 Å². The van der Waals surface area contributed by atoms with Crippen LogP contribution in [0.3, 0.4) is 0 Å². The Morgan fingerprint density at radius 1 is 1.39 bits per heavy atom. The highest BCUT2D eigenvalue weighted by molar-refractivity contribution is 5.89. The number of amides is 2. The molecule has 1 saturated heterocycles. The van der Waals surface area contributed by atoms with Crippen LogP contribution in [0.25, 0.3) is 0 Å². The first-order valence-electron chi connectivity index (χ1n) is 8.82. The molecule has 3 rings (SSSR count). The van der Waals surface area contributed by atoms with Crippen LogP contribution in [0.1, 0.15) is 39.0 Å². The van der Waals surface area contributed by atoms with Crippen molar-refractivity contribution in [2.24, 2.45) is 5.92 Å². The summed E-state index contributed by atoms with van der Waals surface area (Å²) in [5, 5.41) is 7.45. The van der Waals surface area contributed by atoms with Gasteiger partial charge in [0.25, 0.3) is 0 Å². The summed E-state index contributed by atoms with van der Waals surface area (Å²) in [7, 11) is 4.09. The minimum atomic E-state index is 0.0183. The molecule has 0 bridgehead atoms. The van der Waals surface area contributed by atoms with Gasteiger partial charge in [0, 0.05) is 30.9 Å². The fourth-order valence-corrected chi connectivity index (χ4v) is 4.09. The summed E-state index contributed by atoms with van der Waals surface area (Å²) in [6.45, 7) is 3.93. The molecule has 23 heavy (non-hydrogen) atoms. The number of carbonyl (C=O) groups excluding carboxylic acids is 1.